The number of benzene rings is 1. The molecule has 2 heterocycles. The Morgan fingerprint density at radius 2 is 2.04 bits per heavy atom. The van der Waals surface area contributed by atoms with Gasteiger partial charge in [-0.3, -0.25) is 0 Å². The van der Waals surface area contributed by atoms with Gasteiger partial charge in [-0.25, -0.2) is 8.42 Å². The zero-order valence-corrected chi connectivity index (χ0v) is 14.2. The van der Waals surface area contributed by atoms with Crippen molar-refractivity contribution in [2.75, 3.05) is 32.6 Å². The first kappa shape index (κ1) is 15.4. The van der Waals surface area contributed by atoms with E-state index < -0.39 is 10.0 Å². The highest BCUT2D eigenvalue weighted by Gasteiger charge is 2.49. The molecule has 0 amide bonds. The van der Waals surface area contributed by atoms with Crippen molar-refractivity contribution in [1.82, 2.24) is 4.31 Å². The molecule has 1 saturated carbocycles. The third kappa shape index (κ3) is 2.99. The average Bonchev–Trinajstić information content (AvgIpc) is 3.25. The van der Waals surface area contributed by atoms with E-state index in [2.05, 4.69) is 0 Å². The van der Waals surface area contributed by atoms with Gasteiger partial charge in [-0.2, -0.15) is 4.31 Å². The first-order valence-corrected chi connectivity index (χ1v) is 10.1. The minimum Gasteiger partial charge on any atom is -0.493 e. The molecule has 0 N–H and O–H groups in total. The summed E-state index contributed by atoms with van der Waals surface area (Å²) in [7, 11) is -3.26. The summed E-state index contributed by atoms with van der Waals surface area (Å²) in [6.45, 7) is 2.51. The van der Waals surface area contributed by atoms with E-state index in [1.807, 2.05) is 24.3 Å². The largest absolute Gasteiger partial charge is 0.493 e. The van der Waals surface area contributed by atoms with Crippen LogP contribution in [0.15, 0.2) is 24.3 Å². The normalized spacial score (nSPS) is 30.6. The van der Waals surface area contributed by atoms with E-state index in [1.165, 1.54) is 19.1 Å². The van der Waals surface area contributed by atoms with Crippen LogP contribution in [0.5, 0.6) is 5.75 Å². The molecule has 126 valence electrons. The predicted octanol–water partition coefficient (Wildman–Crippen LogP) is 2.05. The molecule has 5 nitrogen and oxygen atoms in total. The van der Waals surface area contributed by atoms with Crippen molar-refractivity contribution < 1.29 is 17.9 Å². The molecule has 2 aliphatic heterocycles. The number of rotatable bonds is 5. The molecule has 0 aromatic heterocycles. The van der Waals surface area contributed by atoms with Crippen LogP contribution in [0.25, 0.3) is 0 Å². The molecule has 6 heteroatoms. The summed E-state index contributed by atoms with van der Waals surface area (Å²) in [5, 5.41) is 0. The van der Waals surface area contributed by atoms with Crippen molar-refractivity contribution in [2.45, 2.75) is 18.9 Å². The molecule has 3 aliphatic rings. The van der Waals surface area contributed by atoms with Crippen molar-refractivity contribution in [3.63, 3.8) is 0 Å². The molecule has 0 radical (unpaired) electrons. The molecule has 0 unspecified atom stereocenters. The topological polar surface area (TPSA) is 55.8 Å². The van der Waals surface area contributed by atoms with E-state index in [-0.39, 0.29) is 17.9 Å². The van der Waals surface area contributed by atoms with Crippen LogP contribution in [0.3, 0.4) is 0 Å². The Morgan fingerprint density at radius 3 is 2.78 bits per heavy atom. The predicted molar refractivity (Wildman–Crippen MR) is 86.8 cm³/mol. The Balaban J connectivity index is 1.59. The average molecular weight is 337 g/mol. The van der Waals surface area contributed by atoms with Crippen molar-refractivity contribution in [2.24, 2.45) is 17.8 Å². The van der Waals surface area contributed by atoms with Gasteiger partial charge in [-0.1, -0.05) is 18.2 Å². The highest BCUT2D eigenvalue weighted by atomic mass is 32.2. The van der Waals surface area contributed by atoms with E-state index in [0.29, 0.717) is 19.8 Å². The van der Waals surface area contributed by atoms with Gasteiger partial charge in [0.25, 0.3) is 0 Å². The van der Waals surface area contributed by atoms with Crippen molar-refractivity contribution in [3.8, 4) is 5.75 Å². The Kier molecular flexibility index (Phi) is 3.86. The molecule has 0 bridgehead atoms. The smallest absolute Gasteiger partial charge is 0.211 e. The maximum absolute atomic E-state index is 12.3. The molecule has 4 rings (SSSR count). The number of nitrogens with zero attached hydrogens (tertiary/aromatic N) is 1. The van der Waals surface area contributed by atoms with E-state index in [1.54, 1.807) is 4.31 Å². The van der Waals surface area contributed by atoms with Gasteiger partial charge in [0.05, 0.1) is 25.5 Å². The van der Waals surface area contributed by atoms with E-state index in [4.69, 9.17) is 9.47 Å². The minimum atomic E-state index is -3.26. The lowest BCUT2D eigenvalue weighted by atomic mass is 9.86. The van der Waals surface area contributed by atoms with Crippen LogP contribution in [-0.2, 0) is 14.8 Å². The summed E-state index contributed by atoms with van der Waals surface area (Å²) in [6, 6.07) is 7.65. The van der Waals surface area contributed by atoms with Crippen LogP contribution in [0, 0.1) is 17.8 Å². The number of para-hydroxylation sites is 1. The first-order chi connectivity index (χ1) is 11.0. The second kappa shape index (κ2) is 5.76. The van der Waals surface area contributed by atoms with E-state index in [0.717, 1.165) is 23.8 Å². The summed E-state index contributed by atoms with van der Waals surface area (Å²) >= 11 is 0. The molecule has 3 atom stereocenters. The Bertz CT molecular complexity index is 686. The molecule has 1 aromatic rings. The van der Waals surface area contributed by atoms with Gasteiger partial charge in [0.2, 0.25) is 10.0 Å². The van der Waals surface area contributed by atoms with E-state index >= 15 is 0 Å². The van der Waals surface area contributed by atoms with Crippen LogP contribution < -0.4 is 4.74 Å². The van der Waals surface area contributed by atoms with Gasteiger partial charge in [-0.15, -0.1) is 0 Å². The zero-order chi connectivity index (χ0) is 16.0. The van der Waals surface area contributed by atoms with Crippen LogP contribution in [0.4, 0.5) is 0 Å². The van der Waals surface area contributed by atoms with E-state index in [9.17, 15) is 8.42 Å². The SMILES string of the molecule is CS(=O)(=O)N1C[C@@H](COCC2CC2)[C@@H]2COc3ccccc3[C@@H]21. The number of fused-ring (bicyclic) bond motifs is 3. The van der Waals surface area contributed by atoms with Crippen LogP contribution in [0.1, 0.15) is 24.4 Å². The monoisotopic (exact) mass is 337 g/mol. The standard InChI is InChI=1S/C17H23NO4S/c1-23(19,20)18-8-13(10-21-9-12-6-7-12)15-11-22-16-5-3-2-4-14(16)17(15)18/h2-5,12-13,15,17H,6-11H2,1H3/t13-,15-,17-/m0/s1. The quantitative estimate of drug-likeness (QED) is 0.825. The number of sulfonamides is 1. The summed E-state index contributed by atoms with van der Waals surface area (Å²) in [6.07, 6.45) is 3.83. The Morgan fingerprint density at radius 1 is 1.26 bits per heavy atom. The van der Waals surface area contributed by atoms with Gasteiger partial charge in [0.1, 0.15) is 5.75 Å². The fourth-order valence-corrected chi connectivity index (χ4v) is 4.94. The summed E-state index contributed by atoms with van der Waals surface area (Å²) < 4.78 is 38.0. The molecule has 1 aliphatic carbocycles. The fraction of sp³-hybridized carbons (Fsp3) is 0.647. The van der Waals surface area contributed by atoms with Crippen molar-refractivity contribution in [1.29, 1.82) is 0 Å². The van der Waals surface area contributed by atoms with Gasteiger partial charge in [0, 0.05) is 30.6 Å². The third-order valence-corrected chi connectivity index (χ3v) is 6.44. The maximum Gasteiger partial charge on any atom is 0.211 e. The van der Waals surface area contributed by atoms with Crippen LogP contribution >= 0.6 is 0 Å². The number of ether oxygens (including phenoxy) is 2. The van der Waals surface area contributed by atoms with Gasteiger partial charge in [-0.05, 0) is 24.8 Å². The molecule has 1 saturated heterocycles. The van der Waals surface area contributed by atoms with Crippen molar-refractivity contribution >= 4 is 10.0 Å². The zero-order valence-electron chi connectivity index (χ0n) is 13.3. The highest BCUT2D eigenvalue weighted by Crippen LogP contribution is 2.48. The second-order valence-electron chi connectivity index (χ2n) is 7.03. The van der Waals surface area contributed by atoms with Gasteiger partial charge in [0.15, 0.2) is 0 Å². The maximum atomic E-state index is 12.3. The minimum absolute atomic E-state index is 0.121. The van der Waals surface area contributed by atoms with Gasteiger partial charge < -0.3 is 9.47 Å². The second-order valence-corrected chi connectivity index (χ2v) is 8.97. The third-order valence-electron chi connectivity index (χ3n) is 5.21. The van der Waals surface area contributed by atoms with Crippen LogP contribution in [-0.4, -0.2) is 45.3 Å². The molecule has 23 heavy (non-hydrogen) atoms. The molecular formula is C17H23NO4S. The van der Waals surface area contributed by atoms with Crippen LogP contribution in [0.2, 0.25) is 0 Å². The number of hydrogen-bond donors (Lipinski definition) is 0. The number of hydrogen-bond acceptors (Lipinski definition) is 4. The molecular weight excluding hydrogens is 314 g/mol. The summed E-state index contributed by atoms with van der Waals surface area (Å²) in [5.74, 6) is 1.89. The molecule has 0 spiro atoms. The lowest BCUT2D eigenvalue weighted by Crippen LogP contribution is -2.34. The lowest BCUT2D eigenvalue weighted by molar-refractivity contribution is 0.0645. The lowest BCUT2D eigenvalue weighted by Gasteiger charge is -2.33. The first-order valence-electron chi connectivity index (χ1n) is 8.30. The Labute approximate surface area is 137 Å². The Hall–Kier alpha value is -1.11. The summed E-state index contributed by atoms with van der Waals surface area (Å²) in [5.41, 5.74) is 0.985. The summed E-state index contributed by atoms with van der Waals surface area (Å²) in [4.78, 5) is 0. The van der Waals surface area contributed by atoms with Gasteiger partial charge >= 0.3 is 0 Å². The highest BCUT2D eigenvalue weighted by molar-refractivity contribution is 7.88. The van der Waals surface area contributed by atoms with Crippen molar-refractivity contribution in [3.05, 3.63) is 29.8 Å². The fourth-order valence-electron chi connectivity index (χ4n) is 3.80. The molecule has 1 aromatic carbocycles. The molecule has 2 fully saturated rings.